The van der Waals surface area contributed by atoms with Crippen LogP contribution < -0.4 is 4.74 Å². The van der Waals surface area contributed by atoms with E-state index in [-0.39, 0.29) is 0 Å². The highest BCUT2D eigenvalue weighted by Crippen LogP contribution is 2.31. The number of carboxylic acids is 1. The molecule has 28 heavy (non-hydrogen) atoms. The van der Waals surface area contributed by atoms with Crippen LogP contribution in [-0.4, -0.2) is 69.5 Å². The zero-order valence-corrected chi connectivity index (χ0v) is 15.9. The van der Waals surface area contributed by atoms with Crippen LogP contribution >= 0.6 is 0 Å². The number of aryl methyl sites for hydroxylation is 1. The number of methoxy groups -OCH3 is 1. The van der Waals surface area contributed by atoms with Crippen molar-refractivity contribution in [1.29, 1.82) is 0 Å². The van der Waals surface area contributed by atoms with E-state index in [9.17, 15) is 9.90 Å². The monoisotopic (exact) mass is 385 g/mol. The Labute approximate surface area is 161 Å². The standard InChI is InChI=1S/C19H23N5O4/c1-12-17(22-28-21-12)11-23-5-7-24(8-6-23)18(19(25)26)15-10-20-16-4-3-13(27-2)9-14(15)16/h3-4,9-10,18,20H,5-8,11H2,1-2H3,(H,25,26)/t18-/m0/s1. The summed E-state index contributed by atoms with van der Waals surface area (Å²) >= 11 is 0. The van der Waals surface area contributed by atoms with Gasteiger partial charge in [0.1, 0.15) is 23.2 Å². The molecule has 0 bridgehead atoms. The molecule has 1 aliphatic rings. The number of hydrogen-bond donors (Lipinski definition) is 2. The number of nitrogens with zero attached hydrogens (tertiary/aromatic N) is 4. The molecule has 9 nitrogen and oxygen atoms in total. The molecule has 1 saturated heterocycles. The fourth-order valence-electron chi connectivity index (χ4n) is 3.74. The number of fused-ring (bicyclic) bond motifs is 1. The van der Waals surface area contributed by atoms with Gasteiger partial charge in [-0.2, -0.15) is 0 Å². The van der Waals surface area contributed by atoms with Crippen LogP contribution in [0.1, 0.15) is 23.0 Å². The molecule has 0 saturated carbocycles. The van der Waals surface area contributed by atoms with Crippen molar-refractivity contribution in [2.75, 3.05) is 33.3 Å². The number of carboxylic acid groups (broad SMARTS) is 1. The Morgan fingerprint density at radius 1 is 1.32 bits per heavy atom. The molecule has 148 valence electrons. The molecule has 3 aromatic rings. The maximum Gasteiger partial charge on any atom is 0.325 e. The Kier molecular flexibility index (Phi) is 5.01. The van der Waals surface area contributed by atoms with Gasteiger partial charge in [-0.15, -0.1) is 0 Å². The van der Waals surface area contributed by atoms with Gasteiger partial charge in [0, 0.05) is 55.4 Å². The summed E-state index contributed by atoms with van der Waals surface area (Å²) in [4.78, 5) is 19.6. The minimum absolute atomic E-state index is 0.651. The minimum Gasteiger partial charge on any atom is -0.497 e. The molecular formula is C19H23N5O4. The van der Waals surface area contributed by atoms with E-state index in [4.69, 9.17) is 9.37 Å². The molecule has 1 atom stereocenters. The lowest BCUT2D eigenvalue weighted by atomic mass is 10.0. The van der Waals surface area contributed by atoms with Gasteiger partial charge in [-0.3, -0.25) is 14.6 Å². The van der Waals surface area contributed by atoms with E-state index in [1.165, 1.54) is 0 Å². The lowest BCUT2D eigenvalue weighted by Crippen LogP contribution is -2.48. The summed E-state index contributed by atoms with van der Waals surface area (Å²) < 4.78 is 10.1. The van der Waals surface area contributed by atoms with Crippen molar-refractivity contribution in [3.05, 3.63) is 41.3 Å². The normalized spacial score (nSPS) is 17.1. The van der Waals surface area contributed by atoms with Crippen LogP contribution in [0.3, 0.4) is 0 Å². The number of aromatic amines is 1. The molecular weight excluding hydrogens is 362 g/mol. The smallest absolute Gasteiger partial charge is 0.325 e. The fraction of sp³-hybridized carbons (Fsp3) is 0.421. The number of nitrogens with one attached hydrogen (secondary N) is 1. The SMILES string of the molecule is COc1ccc2[nH]cc([C@@H](C(=O)O)N3CCN(Cc4nonc4C)CC3)c2c1. The lowest BCUT2D eigenvalue weighted by molar-refractivity contribution is -0.144. The third kappa shape index (κ3) is 3.46. The van der Waals surface area contributed by atoms with E-state index in [2.05, 4.69) is 20.2 Å². The first kappa shape index (κ1) is 18.5. The Morgan fingerprint density at radius 2 is 2.11 bits per heavy atom. The predicted octanol–water partition coefficient (Wildman–Crippen LogP) is 1.81. The van der Waals surface area contributed by atoms with Crippen molar-refractivity contribution in [3.8, 4) is 5.75 Å². The van der Waals surface area contributed by atoms with Crippen molar-refractivity contribution in [2.45, 2.75) is 19.5 Å². The molecule has 0 aliphatic carbocycles. The van der Waals surface area contributed by atoms with E-state index >= 15 is 0 Å². The summed E-state index contributed by atoms with van der Waals surface area (Å²) in [6.07, 6.45) is 1.79. The van der Waals surface area contributed by atoms with Crippen LogP contribution in [-0.2, 0) is 11.3 Å². The molecule has 4 rings (SSSR count). The molecule has 0 unspecified atom stereocenters. The van der Waals surface area contributed by atoms with Crippen LogP contribution in [0.5, 0.6) is 5.75 Å². The molecule has 9 heteroatoms. The first-order chi connectivity index (χ1) is 13.6. The average molecular weight is 385 g/mol. The Bertz CT molecular complexity index is 974. The summed E-state index contributed by atoms with van der Waals surface area (Å²) in [6, 6.07) is 4.94. The number of benzene rings is 1. The molecule has 0 radical (unpaired) electrons. The van der Waals surface area contributed by atoms with E-state index < -0.39 is 12.0 Å². The molecule has 0 amide bonds. The Morgan fingerprint density at radius 3 is 2.75 bits per heavy atom. The minimum atomic E-state index is -0.853. The largest absolute Gasteiger partial charge is 0.497 e. The van der Waals surface area contributed by atoms with Gasteiger partial charge in [0.05, 0.1) is 7.11 Å². The second-order valence-corrected chi connectivity index (χ2v) is 7.00. The van der Waals surface area contributed by atoms with E-state index in [0.29, 0.717) is 25.4 Å². The van der Waals surface area contributed by atoms with E-state index in [0.717, 1.165) is 40.9 Å². The predicted molar refractivity (Wildman–Crippen MR) is 101 cm³/mol. The molecule has 2 N–H and O–H groups in total. The van der Waals surface area contributed by atoms with E-state index in [1.807, 2.05) is 30.0 Å². The summed E-state index contributed by atoms with van der Waals surface area (Å²) in [6.45, 7) is 5.33. The van der Waals surface area contributed by atoms with Gasteiger partial charge in [0.25, 0.3) is 0 Å². The van der Waals surface area contributed by atoms with Crippen LogP contribution in [0.2, 0.25) is 0 Å². The zero-order chi connectivity index (χ0) is 19.7. The van der Waals surface area contributed by atoms with Crippen LogP contribution in [0.15, 0.2) is 29.0 Å². The maximum absolute atomic E-state index is 12.1. The first-order valence-corrected chi connectivity index (χ1v) is 9.19. The van der Waals surface area contributed by atoms with Crippen molar-refractivity contribution >= 4 is 16.9 Å². The Balaban J connectivity index is 1.52. The average Bonchev–Trinajstić information content (AvgIpc) is 3.29. The zero-order valence-electron chi connectivity index (χ0n) is 15.9. The van der Waals surface area contributed by atoms with Crippen molar-refractivity contribution in [3.63, 3.8) is 0 Å². The van der Waals surface area contributed by atoms with Gasteiger partial charge >= 0.3 is 5.97 Å². The van der Waals surface area contributed by atoms with Crippen LogP contribution in [0, 0.1) is 6.92 Å². The van der Waals surface area contributed by atoms with Gasteiger partial charge in [0.15, 0.2) is 0 Å². The number of rotatable bonds is 6. The summed E-state index contributed by atoms with van der Waals surface area (Å²) in [5.41, 5.74) is 3.27. The van der Waals surface area contributed by atoms with Gasteiger partial charge in [-0.05, 0) is 25.1 Å². The van der Waals surface area contributed by atoms with Crippen LogP contribution in [0.4, 0.5) is 0 Å². The fourth-order valence-corrected chi connectivity index (χ4v) is 3.74. The third-order valence-electron chi connectivity index (χ3n) is 5.34. The summed E-state index contributed by atoms with van der Waals surface area (Å²) in [5.74, 6) is -0.146. The van der Waals surface area contributed by atoms with E-state index in [1.54, 1.807) is 13.3 Å². The van der Waals surface area contributed by atoms with Gasteiger partial charge in [-0.1, -0.05) is 10.3 Å². The van der Waals surface area contributed by atoms with Gasteiger partial charge in [-0.25, -0.2) is 4.63 Å². The summed E-state index contributed by atoms with van der Waals surface area (Å²) in [7, 11) is 1.60. The third-order valence-corrected chi connectivity index (χ3v) is 5.34. The number of hydrogen-bond acceptors (Lipinski definition) is 7. The number of ether oxygens (including phenoxy) is 1. The number of aromatic nitrogens is 3. The van der Waals surface area contributed by atoms with Crippen molar-refractivity contribution in [1.82, 2.24) is 25.1 Å². The number of piperazine rings is 1. The molecule has 3 heterocycles. The first-order valence-electron chi connectivity index (χ1n) is 9.19. The van der Waals surface area contributed by atoms with Crippen molar-refractivity contribution < 1.29 is 19.3 Å². The number of H-pyrrole nitrogens is 1. The quantitative estimate of drug-likeness (QED) is 0.661. The molecule has 1 aromatic carbocycles. The highest BCUT2D eigenvalue weighted by molar-refractivity contribution is 5.90. The number of aliphatic carboxylic acids is 1. The van der Waals surface area contributed by atoms with Crippen molar-refractivity contribution in [2.24, 2.45) is 0 Å². The number of carbonyl (C=O) groups is 1. The second-order valence-electron chi connectivity index (χ2n) is 7.00. The molecule has 1 fully saturated rings. The maximum atomic E-state index is 12.1. The molecule has 2 aromatic heterocycles. The summed E-state index contributed by atoms with van der Waals surface area (Å²) in [5, 5.41) is 18.6. The lowest BCUT2D eigenvalue weighted by Gasteiger charge is -2.37. The van der Waals surface area contributed by atoms with Gasteiger partial charge < -0.3 is 14.8 Å². The van der Waals surface area contributed by atoms with Gasteiger partial charge in [0.2, 0.25) is 0 Å². The second kappa shape index (κ2) is 7.61. The van der Waals surface area contributed by atoms with Crippen LogP contribution in [0.25, 0.3) is 10.9 Å². The highest BCUT2D eigenvalue weighted by atomic mass is 16.6. The molecule has 1 aliphatic heterocycles. The highest BCUT2D eigenvalue weighted by Gasteiger charge is 2.32. The molecule has 0 spiro atoms. The Hall–Kier alpha value is -2.91. The topological polar surface area (TPSA) is 108 Å².